The van der Waals surface area contributed by atoms with Crippen molar-refractivity contribution in [2.75, 3.05) is 33.7 Å². The number of carbonyl (C=O) groups excluding carboxylic acids is 2. The van der Waals surface area contributed by atoms with Gasteiger partial charge in [0.05, 0.1) is 0 Å². The first-order valence-corrected chi connectivity index (χ1v) is 10.5. The average molecular weight is 505 g/mol. The van der Waals surface area contributed by atoms with E-state index in [0.717, 1.165) is 32.4 Å². The summed E-state index contributed by atoms with van der Waals surface area (Å²) < 4.78 is 0. The van der Waals surface area contributed by atoms with Crippen molar-refractivity contribution in [3.63, 3.8) is 0 Å². The summed E-state index contributed by atoms with van der Waals surface area (Å²) in [7, 11) is 3.50. The molecule has 3 aliphatic rings. The molecule has 3 unspecified atom stereocenters. The molecule has 1 heterocycles. The Morgan fingerprint density at radius 2 is 1.93 bits per heavy atom. The molecular formula is C20H36IN5O2. The van der Waals surface area contributed by atoms with E-state index in [1.807, 2.05) is 0 Å². The topological polar surface area (TPSA) is 77.0 Å². The molecule has 2 N–H and O–H groups in total. The third-order valence-electron chi connectivity index (χ3n) is 6.09. The summed E-state index contributed by atoms with van der Waals surface area (Å²) in [5.74, 6) is 1.91. The van der Waals surface area contributed by atoms with Crippen molar-refractivity contribution < 1.29 is 9.59 Å². The Balaban J connectivity index is 0.00000280. The maximum Gasteiger partial charge on any atom is 0.243 e. The normalized spacial score (nSPS) is 28.0. The minimum Gasteiger partial charge on any atom is -0.356 e. The van der Waals surface area contributed by atoms with Gasteiger partial charge in [-0.05, 0) is 31.6 Å². The Hall–Kier alpha value is -1.06. The van der Waals surface area contributed by atoms with Crippen molar-refractivity contribution >= 4 is 41.8 Å². The zero-order chi connectivity index (χ0) is 19.4. The van der Waals surface area contributed by atoms with E-state index in [4.69, 9.17) is 0 Å². The van der Waals surface area contributed by atoms with E-state index < -0.39 is 0 Å². The van der Waals surface area contributed by atoms with Crippen LogP contribution in [0, 0.1) is 11.8 Å². The number of halogens is 1. The van der Waals surface area contributed by atoms with Crippen LogP contribution in [0.15, 0.2) is 4.99 Å². The third-order valence-corrected chi connectivity index (χ3v) is 6.09. The highest BCUT2D eigenvalue weighted by molar-refractivity contribution is 14.0. The smallest absolute Gasteiger partial charge is 0.243 e. The first-order valence-electron chi connectivity index (χ1n) is 10.5. The molecule has 2 amide bonds. The standard InChI is InChI=1S/C20H35N5O2.HI/c1-14-6-4-5-7-17(14)23-20(22-12-19(27)24(2)3)21-11-15-10-18(26)25(13-15)16-8-9-16;/h14-17H,4-13H2,1-3H3,(H2,21,22,23);1H. The molecule has 1 aliphatic heterocycles. The highest BCUT2D eigenvalue weighted by Gasteiger charge is 2.39. The Bertz CT molecular complexity index is 579. The van der Waals surface area contributed by atoms with E-state index in [1.54, 1.807) is 19.0 Å². The lowest BCUT2D eigenvalue weighted by Crippen LogP contribution is -2.48. The van der Waals surface area contributed by atoms with Crippen LogP contribution in [0.25, 0.3) is 0 Å². The molecule has 0 aromatic rings. The second-order valence-corrected chi connectivity index (χ2v) is 8.69. The molecule has 2 aliphatic carbocycles. The molecule has 3 fully saturated rings. The van der Waals surface area contributed by atoms with Crippen molar-refractivity contribution in [1.82, 2.24) is 20.4 Å². The van der Waals surface area contributed by atoms with Crippen LogP contribution in [0.4, 0.5) is 0 Å². The average Bonchev–Trinajstić information content (AvgIpc) is 3.41. The number of nitrogens with one attached hydrogen (secondary N) is 2. The van der Waals surface area contributed by atoms with Crippen LogP contribution >= 0.6 is 24.0 Å². The van der Waals surface area contributed by atoms with Crippen LogP contribution in [0.1, 0.15) is 51.9 Å². The highest BCUT2D eigenvalue weighted by Crippen LogP contribution is 2.32. The van der Waals surface area contributed by atoms with E-state index in [2.05, 4.69) is 27.4 Å². The fourth-order valence-corrected chi connectivity index (χ4v) is 4.07. The van der Waals surface area contributed by atoms with E-state index in [1.165, 1.54) is 19.3 Å². The summed E-state index contributed by atoms with van der Waals surface area (Å²) >= 11 is 0. The fraction of sp³-hybridized carbons (Fsp3) is 0.850. The van der Waals surface area contributed by atoms with Gasteiger partial charge in [0.1, 0.15) is 6.54 Å². The molecule has 3 atom stereocenters. The predicted molar refractivity (Wildman–Crippen MR) is 122 cm³/mol. The summed E-state index contributed by atoms with van der Waals surface area (Å²) in [5.41, 5.74) is 0. The first kappa shape index (κ1) is 23.2. The summed E-state index contributed by atoms with van der Waals surface area (Å²) in [6.45, 7) is 3.99. The number of amides is 2. The van der Waals surface area contributed by atoms with Gasteiger partial charge in [0.15, 0.2) is 5.96 Å². The van der Waals surface area contributed by atoms with Gasteiger partial charge in [-0.25, -0.2) is 4.99 Å². The van der Waals surface area contributed by atoms with Gasteiger partial charge in [-0.15, -0.1) is 24.0 Å². The molecule has 3 rings (SSSR count). The molecule has 8 heteroatoms. The Kier molecular flexibility index (Phi) is 8.82. The van der Waals surface area contributed by atoms with Crippen LogP contribution < -0.4 is 10.6 Å². The molecule has 160 valence electrons. The Morgan fingerprint density at radius 3 is 2.57 bits per heavy atom. The first-order chi connectivity index (χ1) is 12.9. The summed E-state index contributed by atoms with van der Waals surface area (Å²) in [5, 5.41) is 6.96. The largest absolute Gasteiger partial charge is 0.356 e. The number of hydrogen-bond donors (Lipinski definition) is 2. The zero-order valence-corrected chi connectivity index (χ0v) is 19.8. The molecular weight excluding hydrogens is 469 g/mol. The number of nitrogens with zero attached hydrogens (tertiary/aromatic N) is 3. The van der Waals surface area contributed by atoms with Gasteiger partial charge >= 0.3 is 0 Å². The van der Waals surface area contributed by atoms with Gasteiger partial charge in [0, 0.05) is 51.6 Å². The minimum absolute atomic E-state index is 0. The van der Waals surface area contributed by atoms with Crippen LogP contribution in [0.5, 0.6) is 0 Å². The Morgan fingerprint density at radius 1 is 1.21 bits per heavy atom. The van der Waals surface area contributed by atoms with Crippen LogP contribution in [-0.2, 0) is 9.59 Å². The van der Waals surface area contributed by atoms with Gasteiger partial charge in [0.2, 0.25) is 11.8 Å². The van der Waals surface area contributed by atoms with E-state index in [9.17, 15) is 9.59 Å². The minimum atomic E-state index is -0.0104. The molecule has 2 saturated carbocycles. The number of likely N-dealkylation sites (tertiary alicyclic amines) is 1. The van der Waals surface area contributed by atoms with Gasteiger partial charge in [-0.1, -0.05) is 19.8 Å². The monoisotopic (exact) mass is 505 g/mol. The number of guanidine groups is 1. The zero-order valence-electron chi connectivity index (χ0n) is 17.4. The summed E-state index contributed by atoms with van der Waals surface area (Å²) in [4.78, 5) is 32.2. The van der Waals surface area contributed by atoms with Crippen LogP contribution in [0.3, 0.4) is 0 Å². The van der Waals surface area contributed by atoms with E-state index >= 15 is 0 Å². The molecule has 0 aromatic carbocycles. The third kappa shape index (κ3) is 6.49. The maximum atomic E-state index is 12.2. The fourth-order valence-electron chi connectivity index (χ4n) is 4.07. The lowest BCUT2D eigenvalue weighted by molar-refractivity contribution is -0.128. The maximum absolute atomic E-state index is 12.2. The van der Waals surface area contributed by atoms with Gasteiger partial charge in [0.25, 0.3) is 0 Å². The van der Waals surface area contributed by atoms with E-state index in [0.29, 0.717) is 42.2 Å². The van der Waals surface area contributed by atoms with Crippen molar-refractivity contribution in [2.45, 2.75) is 64.0 Å². The summed E-state index contributed by atoms with van der Waals surface area (Å²) in [6.07, 6.45) is 7.83. The number of aliphatic imine (C=N–C) groups is 1. The second-order valence-electron chi connectivity index (χ2n) is 8.69. The van der Waals surface area contributed by atoms with Crippen LogP contribution in [0.2, 0.25) is 0 Å². The molecule has 0 aromatic heterocycles. The van der Waals surface area contributed by atoms with Gasteiger partial charge in [-0.2, -0.15) is 0 Å². The van der Waals surface area contributed by atoms with Gasteiger partial charge in [-0.3, -0.25) is 9.59 Å². The molecule has 28 heavy (non-hydrogen) atoms. The quantitative estimate of drug-likeness (QED) is 0.328. The molecule has 0 spiro atoms. The lowest BCUT2D eigenvalue weighted by Gasteiger charge is -2.31. The SMILES string of the molecule is CC1CCCCC1NC(=NCC(=O)N(C)C)NCC1CC(=O)N(C2CC2)C1.I. The van der Waals surface area contributed by atoms with Crippen molar-refractivity contribution in [3.8, 4) is 0 Å². The van der Waals surface area contributed by atoms with Gasteiger partial charge < -0.3 is 20.4 Å². The Labute approximate surface area is 186 Å². The number of hydrogen-bond acceptors (Lipinski definition) is 3. The van der Waals surface area contributed by atoms with Crippen LogP contribution in [-0.4, -0.2) is 73.4 Å². The molecule has 1 saturated heterocycles. The summed E-state index contributed by atoms with van der Waals surface area (Å²) in [6, 6.07) is 0.891. The van der Waals surface area contributed by atoms with Crippen molar-refractivity contribution in [3.05, 3.63) is 0 Å². The molecule has 0 radical (unpaired) electrons. The van der Waals surface area contributed by atoms with Crippen molar-refractivity contribution in [1.29, 1.82) is 0 Å². The number of rotatable bonds is 6. The van der Waals surface area contributed by atoms with Crippen molar-refractivity contribution in [2.24, 2.45) is 16.8 Å². The number of likely N-dealkylation sites (N-methyl/N-ethyl adjacent to an activating group) is 1. The number of carbonyl (C=O) groups is 2. The second kappa shape index (κ2) is 10.6. The molecule has 7 nitrogen and oxygen atoms in total. The molecule has 0 bridgehead atoms. The predicted octanol–water partition coefficient (Wildman–Crippen LogP) is 1.82. The highest BCUT2D eigenvalue weighted by atomic mass is 127. The lowest BCUT2D eigenvalue weighted by atomic mass is 9.86. The van der Waals surface area contributed by atoms with E-state index in [-0.39, 0.29) is 36.4 Å².